The highest BCUT2D eigenvalue weighted by molar-refractivity contribution is 6.03. The molecule has 0 saturated carbocycles. The summed E-state index contributed by atoms with van der Waals surface area (Å²) in [6.07, 6.45) is 0. The van der Waals surface area contributed by atoms with Crippen molar-refractivity contribution in [2.75, 3.05) is 36.5 Å². The first kappa shape index (κ1) is 14.5. The first-order valence-electron chi connectivity index (χ1n) is 7.27. The lowest BCUT2D eigenvalue weighted by Gasteiger charge is -2.27. The molecular weight excluding hydrogens is 280 g/mol. The summed E-state index contributed by atoms with van der Waals surface area (Å²) in [5.74, 6) is 1.06. The van der Waals surface area contributed by atoms with Gasteiger partial charge >= 0.3 is 0 Å². The van der Waals surface area contributed by atoms with Crippen LogP contribution in [0.15, 0.2) is 36.4 Å². The van der Waals surface area contributed by atoms with Crippen LogP contribution in [0.1, 0.15) is 15.9 Å². The summed E-state index contributed by atoms with van der Waals surface area (Å²) in [4.78, 5) is 14.2. The van der Waals surface area contributed by atoms with Crippen molar-refractivity contribution in [3.8, 4) is 0 Å². The Balaban J connectivity index is 1.65. The Labute approximate surface area is 129 Å². The van der Waals surface area contributed by atoms with Gasteiger partial charge in [0.25, 0.3) is 5.91 Å². The van der Waals surface area contributed by atoms with Crippen molar-refractivity contribution in [3.63, 3.8) is 0 Å². The van der Waals surface area contributed by atoms with E-state index in [4.69, 9.17) is 4.74 Å². The van der Waals surface area contributed by atoms with Gasteiger partial charge in [0.2, 0.25) is 0 Å². The third-order valence-electron chi connectivity index (χ3n) is 3.54. The van der Waals surface area contributed by atoms with Crippen molar-refractivity contribution >= 4 is 17.5 Å². The van der Waals surface area contributed by atoms with E-state index >= 15 is 0 Å². The molecule has 0 radical (unpaired) electrons. The van der Waals surface area contributed by atoms with Gasteiger partial charge in [-0.15, -0.1) is 10.2 Å². The van der Waals surface area contributed by atoms with E-state index in [1.807, 2.05) is 25.1 Å². The molecule has 2 heterocycles. The minimum Gasteiger partial charge on any atom is -0.378 e. The van der Waals surface area contributed by atoms with Crippen molar-refractivity contribution < 1.29 is 9.53 Å². The molecule has 1 N–H and O–H groups in total. The number of benzene rings is 1. The number of carbonyl (C=O) groups is 1. The van der Waals surface area contributed by atoms with Crippen LogP contribution in [0.3, 0.4) is 0 Å². The maximum Gasteiger partial charge on any atom is 0.256 e. The van der Waals surface area contributed by atoms with Gasteiger partial charge in [-0.1, -0.05) is 17.7 Å². The van der Waals surface area contributed by atoms with Gasteiger partial charge in [0, 0.05) is 18.7 Å². The number of rotatable bonds is 3. The highest BCUT2D eigenvalue weighted by Gasteiger charge is 2.13. The summed E-state index contributed by atoms with van der Waals surface area (Å²) < 4.78 is 5.31. The van der Waals surface area contributed by atoms with E-state index in [1.54, 1.807) is 18.2 Å². The predicted molar refractivity (Wildman–Crippen MR) is 84.2 cm³/mol. The van der Waals surface area contributed by atoms with Crippen LogP contribution in [-0.2, 0) is 4.74 Å². The Kier molecular flexibility index (Phi) is 4.29. The van der Waals surface area contributed by atoms with Crippen LogP contribution in [0.25, 0.3) is 0 Å². The number of nitrogens with one attached hydrogen (secondary N) is 1. The van der Waals surface area contributed by atoms with Gasteiger partial charge in [0.15, 0.2) is 11.6 Å². The van der Waals surface area contributed by atoms with Crippen LogP contribution < -0.4 is 10.2 Å². The molecule has 6 nitrogen and oxygen atoms in total. The number of amides is 1. The average molecular weight is 298 g/mol. The van der Waals surface area contributed by atoms with E-state index in [-0.39, 0.29) is 5.91 Å². The number of morpholine rings is 1. The van der Waals surface area contributed by atoms with E-state index in [0.29, 0.717) is 24.6 Å². The van der Waals surface area contributed by atoms with Crippen molar-refractivity contribution in [2.24, 2.45) is 0 Å². The number of aryl methyl sites for hydroxylation is 1. The number of ether oxygens (including phenoxy) is 1. The molecule has 1 fully saturated rings. The zero-order valence-electron chi connectivity index (χ0n) is 12.5. The molecule has 114 valence electrons. The topological polar surface area (TPSA) is 67.4 Å². The molecule has 1 aromatic heterocycles. The molecule has 6 heteroatoms. The number of hydrogen-bond acceptors (Lipinski definition) is 5. The van der Waals surface area contributed by atoms with Crippen molar-refractivity contribution in [3.05, 3.63) is 47.5 Å². The zero-order chi connectivity index (χ0) is 15.4. The molecule has 2 aromatic rings. The smallest absolute Gasteiger partial charge is 0.256 e. The summed E-state index contributed by atoms with van der Waals surface area (Å²) in [7, 11) is 0. The Hall–Kier alpha value is -2.47. The van der Waals surface area contributed by atoms with Crippen molar-refractivity contribution in [1.29, 1.82) is 0 Å². The van der Waals surface area contributed by atoms with E-state index in [2.05, 4.69) is 20.4 Å². The summed E-state index contributed by atoms with van der Waals surface area (Å²) in [5.41, 5.74) is 1.72. The summed E-state index contributed by atoms with van der Waals surface area (Å²) in [6, 6.07) is 11.0. The molecule has 22 heavy (non-hydrogen) atoms. The molecule has 0 atom stereocenters. The quantitative estimate of drug-likeness (QED) is 0.937. The number of hydrogen-bond donors (Lipinski definition) is 1. The second-order valence-corrected chi connectivity index (χ2v) is 5.20. The second kappa shape index (κ2) is 6.53. The average Bonchev–Trinajstić information content (AvgIpc) is 2.57. The standard InChI is InChI=1S/C16H18N4O2/c1-12-2-4-13(5-3-12)16(21)17-14-6-7-15(19-18-14)20-8-10-22-11-9-20/h2-7H,8-11H2,1H3,(H,17,18,21). The number of aromatic nitrogens is 2. The normalized spacial score (nSPS) is 14.7. The van der Waals surface area contributed by atoms with E-state index in [9.17, 15) is 4.79 Å². The SMILES string of the molecule is Cc1ccc(C(=O)Nc2ccc(N3CCOCC3)nn2)cc1. The van der Waals surface area contributed by atoms with Gasteiger partial charge in [0.05, 0.1) is 13.2 Å². The van der Waals surface area contributed by atoms with Crippen LogP contribution >= 0.6 is 0 Å². The highest BCUT2D eigenvalue weighted by atomic mass is 16.5. The summed E-state index contributed by atoms with van der Waals surface area (Å²) in [6.45, 7) is 5.01. The second-order valence-electron chi connectivity index (χ2n) is 5.20. The predicted octanol–water partition coefficient (Wildman–Crippen LogP) is 1.87. The molecule has 0 aliphatic carbocycles. The number of nitrogens with zero attached hydrogens (tertiary/aromatic N) is 3. The fourth-order valence-corrected chi connectivity index (χ4v) is 2.25. The minimum absolute atomic E-state index is 0.187. The van der Waals surface area contributed by atoms with Gasteiger partial charge in [0.1, 0.15) is 0 Å². The Morgan fingerprint density at radius 1 is 1.09 bits per heavy atom. The minimum atomic E-state index is -0.187. The first-order chi connectivity index (χ1) is 10.7. The van der Waals surface area contributed by atoms with Crippen LogP contribution in [-0.4, -0.2) is 42.4 Å². The fourth-order valence-electron chi connectivity index (χ4n) is 2.25. The van der Waals surface area contributed by atoms with Crippen LogP contribution in [0, 0.1) is 6.92 Å². The monoisotopic (exact) mass is 298 g/mol. The van der Waals surface area contributed by atoms with E-state index in [0.717, 1.165) is 24.5 Å². The van der Waals surface area contributed by atoms with Gasteiger partial charge in [-0.2, -0.15) is 0 Å². The lowest BCUT2D eigenvalue weighted by molar-refractivity contribution is 0.102. The van der Waals surface area contributed by atoms with Gasteiger partial charge in [-0.25, -0.2) is 0 Å². The Morgan fingerprint density at radius 2 is 1.82 bits per heavy atom. The number of anilines is 2. The zero-order valence-corrected chi connectivity index (χ0v) is 12.5. The van der Waals surface area contributed by atoms with E-state index < -0.39 is 0 Å². The van der Waals surface area contributed by atoms with Crippen molar-refractivity contribution in [2.45, 2.75) is 6.92 Å². The first-order valence-corrected chi connectivity index (χ1v) is 7.27. The Morgan fingerprint density at radius 3 is 2.45 bits per heavy atom. The fraction of sp³-hybridized carbons (Fsp3) is 0.312. The maximum atomic E-state index is 12.1. The Bertz CT molecular complexity index is 634. The molecule has 1 aliphatic rings. The summed E-state index contributed by atoms with van der Waals surface area (Å²) >= 11 is 0. The molecule has 0 bridgehead atoms. The maximum absolute atomic E-state index is 12.1. The van der Waals surface area contributed by atoms with E-state index in [1.165, 1.54) is 0 Å². The molecule has 3 rings (SSSR count). The van der Waals surface area contributed by atoms with Crippen LogP contribution in [0.2, 0.25) is 0 Å². The third kappa shape index (κ3) is 3.40. The molecule has 0 spiro atoms. The molecule has 1 saturated heterocycles. The third-order valence-corrected chi connectivity index (χ3v) is 3.54. The van der Waals surface area contributed by atoms with Crippen LogP contribution in [0.5, 0.6) is 0 Å². The molecule has 1 aliphatic heterocycles. The van der Waals surface area contributed by atoms with Crippen molar-refractivity contribution in [1.82, 2.24) is 10.2 Å². The lowest BCUT2D eigenvalue weighted by atomic mass is 10.1. The van der Waals surface area contributed by atoms with Gasteiger partial charge < -0.3 is 15.0 Å². The van der Waals surface area contributed by atoms with Gasteiger partial charge in [-0.3, -0.25) is 4.79 Å². The summed E-state index contributed by atoms with van der Waals surface area (Å²) in [5, 5.41) is 11.0. The molecule has 0 unspecified atom stereocenters. The molecule has 1 aromatic carbocycles. The van der Waals surface area contributed by atoms with Crippen LogP contribution in [0.4, 0.5) is 11.6 Å². The lowest BCUT2D eigenvalue weighted by Crippen LogP contribution is -2.36. The van der Waals surface area contributed by atoms with Gasteiger partial charge in [-0.05, 0) is 31.2 Å². The molecular formula is C16H18N4O2. The largest absolute Gasteiger partial charge is 0.378 e. The molecule has 1 amide bonds. The highest BCUT2D eigenvalue weighted by Crippen LogP contribution is 2.14. The number of carbonyl (C=O) groups excluding carboxylic acids is 1.